The van der Waals surface area contributed by atoms with Gasteiger partial charge in [0.1, 0.15) is 0 Å². The van der Waals surface area contributed by atoms with E-state index in [0.29, 0.717) is 16.2 Å². The van der Waals surface area contributed by atoms with Crippen molar-refractivity contribution in [1.82, 2.24) is 9.71 Å². The van der Waals surface area contributed by atoms with Crippen LogP contribution in [-0.2, 0) is 10.0 Å². The molecule has 2 aromatic rings. The summed E-state index contributed by atoms with van der Waals surface area (Å²) in [6.07, 6.45) is 1.65. The second-order valence-corrected chi connectivity index (χ2v) is 6.33. The summed E-state index contributed by atoms with van der Waals surface area (Å²) in [5, 5.41) is 1.20. The smallest absolute Gasteiger partial charge is 0.241 e. The van der Waals surface area contributed by atoms with Crippen LogP contribution in [0.15, 0.2) is 41.4 Å². The van der Waals surface area contributed by atoms with E-state index < -0.39 is 10.0 Å². The molecule has 0 aliphatic carbocycles. The van der Waals surface area contributed by atoms with E-state index in [1.54, 1.807) is 43.5 Å². The number of hydrogen-bond acceptors (Lipinski definition) is 3. The molecule has 0 spiro atoms. The van der Waals surface area contributed by atoms with Gasteiger partial charge < -0.3 is 0 Å². The number of hydrogen-bond donors (Lipinski definition) is 1. The van der Waals surface area contributed by atoms with Gasteiger partial charge in [-0.1, -0.05) is 22.0 Å². The van der Waals surface area contributed by atoms with E-state index in [-0.39, 0.29) is 10.9 Å². The Morgan fingerprint density at radius 1 is 1.33 bits per heavy atom. The Labute approximate surface area is 115 Å². The third-order valence-electron chi connectivity index (χ3n) is 2.48. The highest BCUT2D eigenvalue weighted by Crippen LogP contribution is 2.21. The summed E-state index contributed by atoms with van der Waals surface area (Å²) in [6, 6.07) is 8.41. The first-order valence-electron chi connectivity index (χ1n) is 5.46. The van der Waals surface area contributed by atoms with Crippen LogP contribution in [0.2, 0.25) is 0 Å². The van der Waals surface area contributed by atoms with Crippen LogP contribution in [0.1, 0.15) is 6.92 Å². The zero-order valence-corrected chi connectivity index (χ0v) is 12.2. The number of alkyl halides is 1. The zero-order valence-electron chi connectivity index (χ0n) is 9.80. The number of nitrogens with one attached hydrogen (secondary N) is 1. The Kier molecular flexibility index (Phi) is 3.99. The summed E-state index contributed by atoms with van der Waals surface area (Å²) >= 11 is 3.25. The SMILES string of the molecule is CC(CBr)NS(=O)(=O)c1cccc2ncccc12. The third kappa shape index (κ3) is 2.71. The van der Waals surface area contributed by atoms with Crippen LogP contribution < -0.4 is 4.72 Å². The standard InChI is InChI=1S/C12H13BrN2O2S/c1-9(8-13)15-18(16,17)12-6-2-5-11-10(12)4-3-7-14-11/h2-7,9,15H,8H2,1H3. The largest absolute Gasteiger partial charge is 0.256 e. The molecule has 0 aliphatic rings. The first kappa shape index (κ1) is 13.5. The average molecular weight is 329 g/mol. The van der Waals surface area contributed by atoms with E-state index in [2.05, 4.69) is 25.6 Å². The van der Waals surface area contributed by atoms with Gasteiger partial charge in [0.2, 0.25) is 10.0 Å². The van der Waals surface area contributed by atoms with E-state index >= 15 is 0 Å². The van der Waals surface area contributed by atoms with Crippen LogP contribution in [0.4, 0.5) is 0 Å². The summed E-state index contributed by atoms with van der Waals surface area (Å²) < 4.78 is 27.1. The molecule has 1 aromatic carbocycles. The number of rotatable bonds is 4. The van der Waals surface area contributed by atoms with Crippen molar-refractivity contribution < 1.29 is 8.42 Å². The van der Waals surface area contributed by atoms with E-state index in [1.807, 2.05) is 0 Å². The van der Waals surface area contributed by atoms with Gasteiger partial charge in [0.25, 0.3) is 0 Å². The first-order valence-corrected chi connectivity index (χ1v) is 8.07. The van der Waals surface area contributed by atoms with Gasteiger partial charge in [-0.15, -0.1) is 0 Å². The molecule has 0 saturated carbocycles. The van der Waals surface area contributed by atoms with Crippen LogP contribution in [0.25, 0.3) is 10.9 Å². The molecule has 1 aromatic heterocycles. The second kappa shape index (κ2) is 5.34. The highest BCUT2D eigenvalue weighted by molar-refractivity contribution is 9.09. The van der Waals surface area contributed by atoms with Crippen molar-refractivity contribution in [3.63, 3.8) is 0 Å². The highest BCUT2D eigenvalue weighted by atomic mass is 79.9. The Hall–Kier alpha value is -0.980. The van der Waals surface area contributed by atoms with Crippen molar-refractivity contribution >= 4 is 36.9 Å². The highest BCUT2D eigenvalue weighted by Gasteiger charge is 2.19. The molecule has 6 heteroatoms. The molecule has 2 rings (SSSR count). The lowest BCUT2D eigenvalue weighted by atomic mass is 10.2. The maximum absolute atomic E-state index is 12.3. The van der Waals surface area contributed by atoms with Crippen LogP contribution in [0.3, 0.4) is 0 Å². The molecule has 96 valence electrons. The van der Waals surface area contributed by atoms with Crippen LogP contribution in [-0.4, -0.2) is 24.8 Å². The fourth-order valence-electron chi connectivity index (χ4n) is 1.67. The molecule has 18 heavy (non-hydrogen) atoms. The van der Waals surface area contributed by atoms with E-state index in [0.717, 1.165) is 0 Å². The van der Waals surface area contributed by atoms with Gasteiger partial charge in [0.15, 0.2) is 0 Å². The maximum atomic E-state index is 12.3. The Bertz CT molecular complexity index is 653. The molecule has 0 bridgehead atoms. The second-order valence-electron chi connectivity index (χ2n) is 4.00. The predicted molar refractivity (Wildman–Crippen MR) is 75.3 cm³/mol. The number of pyridine rings is 1. The molecule has 0 fully saturated rings. The predicted octanol–water partition coefficient (Wildman–Crippen LogP) is 2.30. The van der Waals surface area contributed by atoms with E-state index in [4.69, 9.17) is 0 Å². The molecule has 1 atom stereocenters. The molecular formula is C12H13BrN2O2S. The van der Waals surface area contributed by atoms with Gasteiger partial charge in [0, 0.05) is 23.0 Å². The van der Waals surface area contributed by atoms with Gasteiger partial charge in [-0.25, -0.2) is 13.1 Å². The van der Waals surface area contributed by atoms with Crippen molar-refractivity contribution in [1.29, 1.82) is 0 Å². The van der Waals surface area contributed by atoms with E-state index in [9.17, 15) is 8.42 Å². The average Bonchev–Trinajstić information content (AvgIpc) is 2.37. The van der Waals surface area contributed by atoms with Crippen LogP contribution >= 0.6 is 15.9 Å². The van der Waals surface area contributed by atoms with Gasteiger partial charge in [-0.2, -0.15) is 0 Å². The normalized spacial score (nSPS) is 13.7. The monoisotopic (exact) mass is 328 g/mol. The fourth-order valence-corrected chi connectivity index (χ4v) is 3.51. The minimum absolute atomic E-state index is 0.165. The molecule has 1 N–H and O–H groups in total. The number of nitrogens with zero attached hydrogens (tertiary/aromatic N) is 1. The summed E-state index contributed by atoms with van der Waals surface area (Å²) in [6.45, 7) is 1.80. The van der Waals surface area contributed by atoms with Crippen molar-refractivity contribution in [3.05, 3.63) is 36.5 Å². The molecular weight excluding hydrogens is 316 g/mol. The molecule has 0 saturated heterocycles. The maximum Gasteiger partial charge on any atom is 0.241 e. The van der Waals surface area contributed by atoms with Gasteiger partial charge >= 0.3 is 0 Å². The molecule has 1 unspecified atom stereocenters. The molecule has 0 radical (unpaired) electrons. The Morgan fingerprint density at radius 2 is 2.11 bits per heavy atom. The Morgan fingerprint density at radius 3 is 2.83 bits per heavy atom. The lowest BCUT2D eigenvalue weighted by Crippen LogP contribution is -2.33. The van der Waals surface area contributed by atoms with Crippen molar-refractivity contribution in [3.8, 4) is 0 Å². The minimum Gasteiger partial charge on any atom is -0.256 e. The fraction of sp³-hybridized carbons (Fsp3) is 0.250. The van der Waals surface area contributed by atoms with Crippen LogP contribution in [0.5, 0.6) is 0 Å². The topological polar surface area (TPSA) is 59.1 Å². The van der Waals surface area contributed by atoms with Crippen molar-refractivity contribution in [2.45, 2.75) is 17.9 Å². The van der Waals surface area contributed by atoms with Gasteiger partial charge in [0.05, 0.1) is 10.4 Å². The number of halogens is 1. The minimum atomic E-state index is -3.52. The lowest BCUT2D eigenvalue weighted by Gasteiger charge is -2.12. The zero-order chi connectivity index (χ0) is 13.2. The quantitative estimate of drug-likeness (QED) is 0.876. The number of sulfonamides is 1. The van der Waals surface area contributed by atoms with Crippen molar-refractivity contribution in [2.24, 2.45) is 0 Å². The Balaban J connectivity index is 2.54. The molecule has 0 amide bonds. The molecule has 4 nitrogen and oxygen atoms in total. The van der Waals surface area contributed by atoms with Crippen LogP contribution in [0, 0.1) is 0 Å². The summed E-state index contributed by atoms with van der Waals surface area (Å²) in [4.78, 5) is 4.42. The number of fused-ring (bicyclic) bond motifs is 1. The lowest BCUT2D eigenvalue weighted by molar-refractivity contribution is 0.572. The summed E-state index contributed by atoms with van der Waals surface area (Å²) in [5.41, 5.74) is 0.673. The summed E-state index contributed by atoms with van der Waals surface area (Å²) in [5.74, 6) is 0. The summed E-state index contributed by atoms with van der Waals surface area (Å²) in [7, 11) is -3.52. The van der Waals surface area contributed by atoms with E-state index in [1.165, 1.54) is 0 Å². The number of aromatic nitrogens is 1. The molecule has 0 aliphatic heterocycles. The molecule has 1 heterocycles. The van der Waals surface area contributed by atoms with Gasteiger partial charge in [-0.05, 0) is 31.2 Å². The third-order valence-corrected chi connectivity index (χ3v) is 5.10. The van der Waals surface area contributed by atoms with Gasteiger partial charge in [-0.3, -0.25) is 4.98 Å². The van der Waals surface area contributed by atoms with Crippen molar-refractivity contribution in [2.75, 3.05) is 5.33 Å². The first-order chi connectivity index (χ1) is 8.54. The number of benzene rings is 1.